The molecule has 6 heteroatoms. The smallest absolute Gasteiger partial charge is 0.390 e. The first-order valence-corrected chi connectivity index (χ1v) is 4.04. The predicted molar refractivity (Wildman–Crippen MR) is 45.2 cm³/mol. The molecule has 82 valence electrons. The zero-order chi connectivity index (χ0) is 11.6. The van der Waals surface area contributed by atoms with Crippen LogP contribution >= 0.6 is 0 Å². The largest absolute Gasteiger partial charge is 0.418 e. The average molecular weight is 219 g/mol. The third-order valence-corrected chi connectivity index (χ3v) is 1.83. The van der Waals surface area contributed by atoms with E-state index in [0.717, 1.165) is 13.1 Å². The highest BCUT2D eigenvalue weighted by molar-refractivity contribution is 5.93. The standard InChI is InChI=1S/C9H8F3NO2/c1-5(15)6-2-7(9(10,11)12)8(4-14)13-3-6/h2-3,14H,4H2,1H3. The molecule has 1 N–H and O–H groups in total. The number of aliphatic hydroxyl groups is 1. The lowest BCUT2D eigenvalue weighted by Crippen LogP contribution is -2.12. The van der Waals surface area contributed by atoms with Crippen molar-refractivity contribution in [2.45, 2.75) is 19.7 Å². The van der Waals surface area contributed by atoms with Crippen molar-refractivity contribution in [1.82, 2.24) is 4.98 Å². The Balaban J connectivity index is 3.32. The summed E-state index contributed by atoms with van der Waals surface area (Å²) in [5.74, 6) is -0.502. The Morgan fingerprint density at radius 3 is 2.53 bits per heavy atom. The number of ketones is 1. The van der Waals surface area contributed by atoms with E-state index in [0.29, 0.717) is 6.07 Å². The molecule has 1 rings (SSSR count). The van der Waals surface area contributed by atoms with Gasteiger partial charge in [0, 0.05) is 11.8 Å². The summed E-state index contributed by atoms with van der Waals surface area (Å²) in [4.78, 5) is 14.2. The van der Waals surface area contributed by atoms with Crippen LogP contribution in [0.2, 0.25) is 0 Å². The van der Waals surface area contributed by atoms with E-state index in [9.17, 15) is 18.0 Å². The van der Waals surface area contributed by atoms with Gasteiger partial charge in [0.25, 0.3) is 0 Å². The number of aliphatic hydroxyl groups excluding tert-OH is 1. The molecule has 0 spiro atoms. The minimum Gasteiger partial charge on any atom is -0.390 e. The Hall–Kier alpha value is -1.43. The monoisotopic (exact) mass is 219 g/mol. The van der Waals surface area contributed by atoms with Gasteiger partial charge in [-0.1, -0.05) is 0 Å². The molecule has 0 bridgehead atoms. The van der Waals surface area contributed by atoms with Gasteiger partial charge in [0.2, 0.25) is 0 Å². The Bertz CT molecular complexity index is 387. The van der Waals surface area contributed by atoms with Crippen LogP contribution in [0.25, 0.3) is 0 Å². The van der Waals surface area contributed by atoms with Crippen molar-refractivity contribution in [3.8, 4) is 0 Å². The second-order valence-corrected chi connectivity index (χ2v) is 2.93. The van der Waals surface area contributed by atoms with E-state index in [4.69, 9.17) is 5.11 Å². The van der Waals surface area contributed by atoms with Gasteiger partial charge in [0.05, 0.1) is 17.9 Å². The lowest BCUT2D eigenvalue weighted by molar-refractivity contribution is -0.139. The number of nitrogens with zero attached hydrogens (tertiary/aromatic N) is 1. The molecule has 1 aromatic rings. The van der Waals surface area contributed by atoms with Crippen molar-refractivity contribution < 1.29 is 23.1 Å². The highest BCUT2D eigenvalue weighted by Gasteiger charge is 2.34. The van der Waals surface area contributed by atoms with Crippen LogP contribution in [0, 0.1) is 0 Å². The summed E-state index contributed by atoms with van der Waals surface area (Å²) >= 11 is 0. The number of halogens is 3. The molecule has 0 aliphatic rings. The zero-order valence-electron chi connectivity index (χ0n) is 7.80. The molecule has 0 amide bonds. The fraction of sp³-hybridized carbons (Fsp3) is 0.333. The summed E-state index contributed by atoms with van der Waals surface area (Å²) in [6.07, 6.45) is -3.60. The first-order valence-electron chi connectivity index (χ1n) is 4.04. The van der Waals surface area contributed by atoms with E-state index in [-0.39, 0.29) is 5.56 Å². The Labute approximate surface area is 83.6 Å². The van der Waals surface area contributed by atoms with Gasteiger partial charge >= 0.3 is 6.18 Å². The topological polar surface area (TPSA) is 50.2 Å². The normalized spacial score (nSPS) is 11.5. The predicted octanol–water partition coefficient (Wildman–Crippen LogP) is 1.80. The Morgan fingerprint density at radius 1 is 1.53 bits per heavy atom. The highest BCUT2D eigenvalue weighted by Crippen LogP contribution is 2.31. The third-order valence-electron chi connectivity index (χ3n) is 1.83. The van der Waals surface area contributed by atoms with Crippen LogP contribution in [-0.2, 0) is 12.8 Å². The second-order valence-electron chi connectivity index (χ2n) is 2.93. The van der Waals surface area contributed by atoms with Crippen LogP contribution in [-0.4, -0.2) is 15.9 Å². The summed E-state index contributed by atoms with van der Waals surface area (Å²) < 4.78 is 37.2. The van der Waals surface area contributed by atoms with Crippen molar-refractivity contribution >= 4 is 5.78 Å². The maximum absolute atomic E-state index is 12.4. The molecule has 0 unspecified atom stereocenters. The van der Waals surface area contributed by atoms with Gasteiger partial charge in [-0.2, -0.15) is 13.2 Å². The SMILES string of the molecule is CC(=O)c1cnc(CO)c(C(F)(F)F)c1. The summed E-state index contributed by atoms with van der Waals surface area (Å²) in [5, 5.41) is 8.66. The molecule has 0 aliphatic heterocycles. The third kappa shape index (κ3) is 2.53. The van der Waals surface area contributed by atoms with Crippen molar-refractivity contribution in [3.63, 3.8) is 0 Å². The van der Waals surface area contributed by atoms with Crippen molar-refractivity contribution in [2.75, 3.05) is 0 Å². The van der Waals surface area contributed by atoms with Crippen LogP contribution in [0.3, 0.4) is 0 Å². The van der Waals surface area contributed by atoms with Crippen LogP contribution < -0.4 is 0 Å². The average Bonchev–Trinajstić information content (AvgIpc) is 2.15. The maximum atomic E-state index is 12.4. The summed E-state index contributed by atoms with van der Waals surface area (Å²) in [6.45, 7) is 0.336. The van der Waals surface area contributed by atoms with Crippen LogP contribution in [0.1, 0.15) is 28.5 Å². The second kappa shape index (κ2) is 3.98. The van der Waals surface area contributed by atoms with Gasteiger partial charge in [-0.05, 0) is 13.0 Å². The first-order chi connectivity index (χ1) is 6.86. The number of alkyl halides is 3. The van der Waals surface area contributed by atoms with Gasteiger partial charge in [-0.3, -0.25) is 9.78 Å². The number of carbonyl (C=O) groups excluding carboxylic acids is 1. The van der Waals surface area contributed by atoms with E-state index in [1.165, 1.54) is 0 Å². The van der Waals surface area contributed by atoms with Gasteiger partial charge in [0.15, 0.2) is 5.78 Å². The highest BCUT2D eigenvalue weighted by atomic mass is 19.4. The fourth-order valence-corrected chi connectivity index (χ4v) is 1.06. The fourth-order valence-electron chi connectivity index (χ4n) is 1.06. The molecule has 0 saturated heterocycles. The molecule has 0 radical (unpaired) electrons. The van der Waals surface area contributed by atoms with Gasteiger partial charge in [-0.15, -0.1) is 0 Å². The number of hydrogen-bond donors (Lipinski definition) is 1. The number of Topliss-reactive ketones (excluding diaryl/α,β-unsaturated/α-hetero) is 1. The van der Waals surface area contributed by atoms with Crippen LogP contribution in [0.4, 0.5) is 13.2 Å². The van der Waals surface area contributed by atoms with E-state index in [1.807, 2.05) is 0 Å². The number of rotatable bonds is 2. The zero-order valence-corrected chi connectivity index (χ0v) is 7.80. The summed E-state index contributed by atoms with van der Waals surface area (Å²) in [6, 6.07) is 0.695. The van der Waals surface area contributed by atoms with Crippen molar-refractivity contribution in [3.05, 3.63) is 29.1 Å². The molecular weight excluding hydrogens is 211 g/mol. The minimum absolute atomic E-state index is 0.125. The number of carbonyl (C=O) groups is 1. The van der Waals surface area contributed by atoms with Gasteiger partial charge < -0.3 is 5.11 Å². The molecule has 0 saturated carbocycles. The molecule has 0 aromatic carbocycles. The molecule has 1 aromatic heterocycles. The quantitative estimate of drug-likeness (QED) is 0.771. The lowest BCUT2D eigenvalue weighted by Gasteiger charge is -2.11. The van der Waals surface area contributed by atoms with Crippen molar-refractivity contribution in [2.24, 2.45) is 0 Å². The molecule has 15 heavy (non-hydrogen) atoms. The van der Waals surface area contributed by atoms with Crippen LogP contribution in [0.15, 0.2) is 12.3 Å². The number of aromatic nitrogens is 1. The van der Waals surface area contributed by atoms with Crippen molar-refractivity contribution in [1.29, 1.82) is 0 Å². The van der Waals surface area contributed by atoms with E-state index < -0.39 is 29.8 Å². The van der Waals surface area contributed by atoms with E-state index in [1.54, 1.807) is 0 Å². The molecular formula is C9H8F3NO2. The molecule has 0 atom stereocenters. The summed E-state index contributed by atoms with van der Waals surface area (Å²) in [7, 11) is 0. The van der Waals surface area contributed by atoms with E-state index >= 15 is 0 Å². The van der Waals surface area contributed by atoms with E-state index in [2.05, 4.69) is 4.98 Å². The van der Waals surface area contributed by atoms with Gasteiger partial charge in [-0.25, -0.2) is 0 Å². The first kappa shape index (κ1) is 11.6. The molecule has 0 aliphatic carbocycles. The number of pyridine rings is 1. The number of hydrogen-bond acceptors (Lipinski definition) is 3. The van der Waals surface area contributed by atoms with Gasteiger partial charge in [0.1, 0.15) is 0 Å². The Kier molecular flexibility index (Phi) is 3.09. The molecule has 0 fully saturated rings. The molecule has 3 nitrogen and oxygen atoms in total. The summed E-state index contributed by atoms with van der Waals surface area (Å²) in [5.41, 5.74) is -1.68. The maximum Gasteiger partial charge on any atom is 0.418 e. The Morgan fingerprint density at radius 2 is 2.13 bits per heavy atom. The van der Waals surface area contributed by atoms with Crippen LogP contribution in [0.5, 0.6) is 0 Å². The lowest BCUT2D eigenvalue weighted by atomic mass is 10.1. The minimum atomic E-state index is -4.61. The molecule has 1 heterocycles.